The maximum absolute atomic E-state index is 14.3. The summed E-state index contributed by atoms with van der Waals surface area (Å²) >= 11 is 5.16. The topological polar surface area (TPSA) is 58.2 Å². The largest absolute Gasteiger partial charge is 0.460 e. The third-order valence-electron chi connectivity index (χ3n) is 6.70. The van der Waals surface area contributed by atoms with Gasteiger partial charge in [0.15, 0.2) is 0 Å². The van der Waals surface area contributed by atoms with Crippen molar-refractivity contribution >= 4 is 34.8 Å². The van der Waals surface area contributed by atoms with Crippen LogP contribution in [0.1, 0.15) is 0 Å². The molecule has 332 valence electrons. The summed E-state index contributed by atoms with van der Waals surface area (Å²) in [5.41, 5.74) is -4.81. The Kier molecular flexibility index (Phi) is 12.4. The fourth-order valence-corrected chi connectivity index (χ4v) is 3.52. The SMILES string of the molecule is O=C(Nc1ccc(Cl)cc1NC(=O)C(F)(F)C(F)(F)C(F)(F)C(F)(F)C(F)(F)C(F)(F)C(F)(F)F)C(F)(F)C(F)(F)C(F)(F)C(F)(F)C(F)(F)C(F)(F)C(F)(F)F. The summed E-state index contributed by atoms with van der Waals surface area (Å²) in [4.78, 5) is 23.6. The Morgan fingerprint density at radius 2 is 0.579 bits per heavy atom. The van der Waals surface area contributed by atoms with Crippen LogP contribution in [0.3, 0.4) is 0 Å². The first-order chi connectivity index (χ1) is 24.4. The van der Waals surface area contributed by atoms with Crippen LogP contribution in [0.15, 0.2) is 18.2 Å². The number of anilines is 2. The van der Waals surface area contributed by atoms with E-state index in [0.717, 1.165) is 0 Å². The number of halogens is 31. The zero-order valence-electron chi connectivity index (χ0n) is 24.8. The Hall–Kier alpha value is -3.65. The average Bonchev–Trinajstić information content (AvgIpc) is 2.99. The van der Waals surface area contributed by atoms with Gasteiger partial charge in [0.05, 0.1) is 11.4 Å². The molecule has 0 spiro atoms. The van der Waals surface area contributed by atoms with Crippen LogP contribution >= 0.6 is 11.6 Å². The number of hydrogen-bond acceptors (Lipinski definition) is 2. The van der Waals surface area contributed by atoms with Gasteiger partial charge < -0.3 is 10.6 Å². The minimum Gasteiger partial charge on any atom is -0.319 e. The average molecular weight is 935 g/mol. The molecule has 1 aromatic carbocycles. The predicted octanol–water partition coefficient (Wildman–Crippen LogP) is 11.0. The van der Waals surface area contributed by atoms with Gasteiger partial charge in [0.25, 0.3) is 0 Å². The highest BCUT2D eigenvalue weighted by molar-refractivity contribution is 6.31. The van der Waals surface area contributed by atoms with E-state index in [1.54, 1.807) is 0 Å². The van der Waals surface area contributed by atoms with Gasteiger partial charge in [-0.2, -0.15) is 132 Å². The normalized spacial score (nSPS) is 15.8. The molecule has 1 aromatic rings. The molecule has 2 amide bonds. The number of rotatable bonds is 14. The van der Waals surface area contributed by atoms with Crippen LogP contribution in [0.25, 0.3) is 0 Å². The molecule has 0 aliphatic carbocycles. The number of carbonyl (C=O) groups is 2. The summed E-state index contributed by atoms with van der Waals surface area (Å²) < 4.78 is 402. The molecular weight excluding hydrogens is 930 g/mol. The van der Waals surface area contributed by atoms with Crippen LogP contribution in [0.5, 0.6) is 0 Å². The highest BCUT2D eigenvalue weighted by Crippen LogP contribution is 2.64. The van der Waals surface area contributed by atoms with Crippen molar-refractivity contribution in [2.24, 2.45) is 0 Å². The van der Waals surface area contributed by atoms with E-state index in [4.69, 9.17) is 11.6 Å². The number of amides is 2. The molecule has 0 radical (unpaired) electrons. The highest BCUT2D eigenvalue weighted by Gasteiger charge is 2.95. The molecule has 57 heavy (non-hydrogen) atoms. The maximum Gasteiger partial charge on any atom is 0.460 e. The molecule has 0 bridgehead atoms. The molecule has 0 unspecified atom stereocenters. The molecule has 0 aromatic heterocycles. The van der Waals surface area contributed by atoms with Gasteiger partial charge in [-0.25, -0.2) is 0 Å². The molecule has 0 saturated carbocycles. The summed E-state index contributed by atoms with van der Waals surface area (Å²) in [6.45, 7) is 0. The molecule has 0 saturated heterocycles. The van der Waals surface area contributed by atoms with Crippen molar-refractivity contribution in [3.63, 3.8) is 0 Å². The van der Waals surface area contributed by atoms with E-state index in [1.165, 1.54) is 0 Å². The Balaban J connectivity index is 3.75. The molecule has 0 aliphatic heterocycles. The first-order valence-electron chi connectivity index (χ1n) is 12.5. The van der Waals surface area contributed by atoms with Gasteiger partial charge in [-0.15, -0.1) is 0 Å². The van der Waals surface area contributed by atoms with Gasteiger partial charge in [-0.05, 0) is 18.2 Å². The minimum absolute atomic E-state index is 0.0179. The Labute approximate surface area is 294 Å². The van der Waals surface area contributed by atoms with Crippen molar-refractivity contribution in [3.8, 4) is 0 Å². The van der Waals surface area contributed by atoms with Crippen molar-refractivity contribution in [2.45, 2.75) is 83.4 Å². The summed E-state index contributed by atoms with van der Waals surface area (Å²) in [5, 5.41) is -1.37. The fourth-order valence-electron chi connectivity index (χ4n) is 3.35. The zero-order valence-corrected chi connectivity index (χ0v) is 25.5. The van der Waals surface area contributed by atoms with E-state index in [-0.39, 0.29) is 16.7 Å². The Morgan fingerprint density at radius 3 is 0.842 bits per heavy atom. The summed E-state index contributed by atoms with van der Waals surface area (Å²) in [6.07, 6.45) is -16.1. The van der Waals surface area contributed by atoms with Crippen LogP contribution in [0.4, 0.5) is 143 Å². The Morgan fingerprint density at radius 1 is 0.351 bits per heavy atom. The van der Waals surface area contributed by atoms with Gasteiger partial charge in [0, 0.05) is 5.02 Å². The first kappa shape index (κ1) is 51.4. The third-order valence-corrected chi connectivity index (χ3v) is 6.94. The number of alkyl halides is 30. The molecule has 4 nitrogen and oxygen atoms in total. The predicted molar refractivity (Wildman–Crippen MR) is 120 cm³/mol. The van der Waals surface area contributed by atoms with Gasteiger partial charge in [0.1, 0.15) is 0 Å². The van der Waals surface area contributed by atoms with E-state index in [9.17, 15) is 141 Å². The lowest BCUT2D eigenvalue weighted by Crippen LogP contribution is -2.73. The van der Waals surface area contributed by atoms with Crippen LogP contribution in [-0.4, -0.2) is 95.2 Å². The van der Waals surface area contributed by atoms with E-state index in [1.807, 2.05) is 0 Å². The number of benzene rings is 1. The maximum atomic E-state index is 14.3. The highest BCUT2D eigenvalue weighted by atomic mass is 35.5. The summed E-state index contributed by atoms with van der Waals surface area (Å²) in [6, 6.07) is -0.948. The molecule has 1 rings (SSSR count). The number of hydrogen-bond donors (Lipinski definition) is 2. The van der Waals surface area contributed by atoms with Gasteiger partial charge in [-0.3, -0.25) is 9.59 Å². The van der Waals surface area contributed by atoms with Gasteiger partial charge >= 0.3 is 95.2 Å². The quantitative estimate of drug-likeness (QED) is 0.183. The monoisotopic (exact) mass is 934 g/mol. The van der Waals surface area contributed by atoms with Crippen LogP contribution < -0.4 is 10.6 Å². The van der Waals surface area contributed by atoms with Gasteiger partial charge in [-0.1, -0.05) is 11.6 Å². The van der Waals surface area contributed by atoms with Crippen molar-refractivity contribution in [2.75, 3.05) is 10.6 Å². The lowest BCUT2D eigenvalue weighted by Gasteiger charge is -2.41. The molecule has 0 fully saturated rings. The molecule has 0 aliphatic rings. The standard InChI is InChI=1S/C22H5ClF30N2O2/c23-4-1-2-5(54-7(56)9(24,25)11(28,29)13(32,33)15(36,37)17(40,41)19(44,45)21(48,49)50)6(3-4)55-8(57)10(26,27)12(30,31)14(34,35)16(38,39)18(42,43)20(46,47)22(51,52)53/h1-3H,(H,54,56)(H,55,57). The zero-order chi connectivity index (χ0) is 46.4. The minimum atomic E-state index is -8.98. The third kappa shape index (κ3) is 7.03. The van der Waals surface area contributed by atoms with E-state index < -0.39 is 124 Å². The second-order valence-corrected chi connectivity index (χ2v) is 10.9. The van der Waals surface area contributed by atoms with Crippen molar-refractivity contribution in [1.29, 1.82) is 0 Å². The molecule has 2 N–H and O–H groups in total. The van der Waals surface area contributed by atoms with Crippen LogP contribution in [0.2, 0.25) is 5.02 Å². The molecular formula is C22H5ClF30N2O2. The lowest BCUT2D eigenvalue weighted by molar-refractivity contribution is -0.449. The molecule has 0 atom stereocenters. The number of nitrogens with one attached hydrogen (secondary N) is 2. The van der Waals surface area contributed by atoms with E-state index in [2.05, 4.69) is 0 Å². The van der Waals surface area contributed by atoms with Crippen LogP contribution in [-0.2, 0) is 9.59 Å². The second-order valence-electron chi connectivity index (χ2n) is 10.5. The molecule has 0 heterocycles. The smallest absolute Gasteiger partial charge is 0.319 e. The summed E-state index contributed by atoms with van der Waals surface area (Å²) in [7, 11) is 0. The van der Waals surface area contributed by atoms with Crippen molar-refractivity contribution in [1.82, 2.24) is 0 Å². The Bertz CT molecular complexity index is 1690. The van der Waals surface area contributed by atoms with Crippen LogP contribution in [0, 0.1) is 0 Å². The first-order valence-corrected chi connectivity index (χ1v) is 12.9. The summed E-state index contributed by atoms with van der Waals surface area (Å²) in [5.74, 6) is -112. The van der Waals surface area contributed by atoms with Crippen molar-refractivity contribution in [3.05, 3.63) is 23.2 Å². The lowest BCUT2D eigenvalue weighted by atomic mass is 9.90. The number of carbonyl (C=O) groups excluding carboxylic acids is 2. The van der Waals surface area contributed by atoms with E-state index in [0.29, 0.717) is 0 Å². The second kappa shape index (κ2) is 13.7. The fraction of sp³-hybridized carbons (Fsp3) is 0.636. The molecule has 35 heteroatoms. The van der Waals surface area contributed by atoms with E-state index >= 15 is 0 Å². The van der Waals surface area contributed by atoms with Crippen molar-refractivity contribution < 1.29 is 141 Å². The van der Waals surface area contributed by atoms with Gasteiger partial charge in [0.2, 0.25) is 0 Å².